The molecule has 4 N–H and O–H groups in total. The fourth-order valence-electron chi connectivity index (χ4n) is 1.90. The van der Waals surface area contributed by atoms with E-state index in [1.54, 1.807) is 0 Å². The van der Waals surface area contributed by atoms with E-state index in [2.05, 4.69) is 17.6 Å². The molecule has 0 bridgehead atoms. The Balaban J connectivity index is 1.92. The second-order valence-electron chi connectivity index (χ2n) is 5.52. The molecule has 0 aromatic heterocycles. The summed E-state index contributed by atoms with van der Waals surface area (Å²) in [6.07, 6.45) is 5.84. The third-order valence-corrected chi connectivity index (χ3v) is 3.37. The molecule has 1 fully saturated rings. The maximum atomic E-state index is 11.5. The van der Waals surface area contributed by atoms with Crippen molar-refractivity contribution in [2.45, 2.75) is 57.9 Å². The Kier molecular flexibility index (Phi) is 7.48. The van der Waals surface area contributed by atoms with E-state index >= 15 is 0 Å². The van der Waals surface area contributed by atoms with Gasteiger partial charge in [0.15, 0.2) is 0 Å². The third kappa shape index (κ3) is 8.59. The average Bonchev–Trinajstić information content (AvgIpc) is 3.16. The van der Waals surface area contributed by atoms with E-state index in [-0.39, 0.29) is 11.8 Å². The number of carbonyl (C=O) groups excluding carboxylic acids is 2. The molecule has 0 spiro atoms. The smallest absolute Gasteiger partial charge is 0.220 e. The summed E-state index contributed by atoms with van der Waals surface area (Å²) in [6.45, 7) is 3.38. The van der Waals surface area contributed by atoms with Crippen molar-refractivity contribution in [3.05, 3.63) is 0 Å². The molecule has 0 aromatic rings. The first-order valence-electron chi connectivity index (χ1n) is 7.38. The number of amides is 2. The first-order chi connectivity index (χ1) is 9.11. The summed E-state index contributed by atoms with van der Waals surface area (Å²) in [5.41, 5.74) is 5.46. The molecule has 1 rings (SSSR count). The molecule has 0 heterocycles. The van der Waals surface area contributed by atoms with Gasteiger partial charge in [-0.1, -0.05) is 6.92 Å². The molecular weight excluding hydrogens is 242 g/mol. The lowest BCUT2D eigenvalue weighted by atomic mass is 10.0. The summed E-state index contributed by atoms with van der Waals surface area (Å²) in [5, 5.41) is 5.79. The standard InChI is InChI=1S/C14H27N3O2/c1-11(8-9-15)4-7-13(18)16-10-2-3-14(19)17-12-5-6-12/h11-12H,2-10,15H2,1H3,(H,16,18)(H,17,19). The quantitative estimate of drug-likeness (QED) is 0.516. The number of nitrogens with two attached hydrogens (primary N) is 1. The molecule has 1 aliphatic carbocycles. The normalized spacial score (nSPS) is 15.9. The number of hydrogen-bond acceptors (Lipinski definition) is 3. The summed E-state index contributed by atoms with van der Waals surface area (Å²) >= 11 is 0. The molecule has 0 saturated heterocycles. The zero-order valence-corrected chi connectivity index (χ0v) is 11.9. The van der Waals surface area contributed by atoms with E-state index in [1.807, 2.05) is 0 Å². The van der Waals surface area contributed by atoms with Crippen molar-refractivity contribution in [1.29, 1.82) is 0 Å². The van der Waals surface area contributed by atoms with Gasteiger partial charge in [-0.05, 0) is 44.6 Å². The van der Waals surface area contributed by atoms with Crippen LogP contribution in [0.1, 0.15) is 51.9 Å². The van der Waals surface area contributed by atoms with E-state index in [4.69, 9.17) is 5.73 Å². The van der Waals surface area contributed by atoms with Crippen LogP contribution in [0.2, 0.25) is 0 Å². The minimum Gasteiger partial charge on any atom is -0.356 e. The molecule has 0 aromatic carbocycles. The van der Waals surface area contributed by atoms with Crippen LogP contribution in [0, 0.1) is 5.92 Å². The Labute approximate surface area is 115 Å². The van der Waals surface area contributed by atoms with Gasteiger partial charge in [-0.2, -0.15) is 0 Å². The molecule has 0 radical (unpaired) electrons. The van der Waals surface area contributed by atoms with Crippen molar-refractivity contribution in [3.8, 4) is 0 Å². The first-order valence-corrected chi connectivity index (χ1v) is 7.38. The highest BCUT2D eigenvalue weighted by Gasteiger charge is 2.22. The Morgan fingerprint density at radius 2 is 1.95 bits per heavy atom. The van der Waals surface area contributed by atoms with Gasteiger partial charge in [-0.3, -0.25) is 9.59 Å². The summed E-state index contributed by atoms with van der Waals surface area (Å²) < 4.78 is 0. The van der Waals surface area contributed by atoms with Crippen molar-refractivity contribution >= 4 is 11.8 Å². The Morgan fingerprint density at radius 1 is 1.21 bits per heavy atom. The Bertz CT molecular complexity index is 290. The minimum atomic E-state index is 0.0754. The highest BCUT2D eigenvalue weighted by molar-refractivity contribution is 5.77. The largest absolute Gasteiger partial charge is 0.356 e. The maximum absolute atomic E-state index is 11.5. The fourth-order valence-corrected chi connectivity index (χ4v) is 1.90. The van der Waals surface area contributed by atoms with E-state index in [0.29, 0.717) is 44.3 Å². The van der Waals surface area contributed by atoms with Gasteiger partial charge < -0.3 is 16.4 Å². The second-order valence-corrected chi connectivity index (χ2v) is 5.52. The van der Waals surface area contributed by atoms with Gasteiger partial charge in [-0.25, -0.2) is 0 Å². The molecular formula is C14H27N3O2. The van der Waals surface area contributed by atoms with Crippen LogP contribution in [0.15, 0.2) is 0 Å². The van der Waals surface area contributed by atoms with E-state index in [1.165, 1.54) is 0 Å². The maximum Gasteiger partial charge on any atom is 0.220 e. The average molecular weight is 269 g/mol. The van der Waals surface area contributed by atoms with Gasteiger partial charge in [0.25, 0.3) is 0 Å². The van der Waals surface area contributed by atoms with Crippen LogP contribution in [0.5, 0.6) is 0 Å². The van der Waals surface area contributed by atoms with Crippen LogP contribution in [0.4, 0.5) is 0 Å². The topological polar surface area (TPSA) is 84.2 Å². The Hall–Kier alpha value is -1.10. The van der Waals surface area contributed by atoms with Crippen LogP contribution in [0.3, 0.4) is 0 Å². The van der Waals surface area contributed by atoms with Crippen molar-refractivity contribution in [2.75, 3.05) is 13.1 Å². The molecule has 5 nitrogen and oxygen atoms in total. The molecule has 5 heteroatoms. The van der Waals surface area contributed by atoms with Crippen molar-refractivity contribution in [3.63, 3.8) is 0 Å². The first kappa shape index (κ1) is 16.0. The van der Waals surface area contributed by atoms with E-state index < -0.39 is 0 Å². The third-order valence-electron chi connectivity index (χ3n) is 3.37. The molecule has 1 atom stereocenters. The van der Waals surface area contributed by atoms with E-state index in [9.17, 15) is 9.59 Å². The zero-order chi connectivity index (χ0) is 14.1. The van der Waals surface area contributed by atoms with Crippen LogP contribution in [-0.4, -0.2) is 30.9 Å². The Morgan fingerprint density at radius 3 is 2.58 bits per heavy atom. The highest BCUT2D eigenvalue weighted by Crippen LogP contribution is 2.18. The van der Waals surface area contributed by atoms with Crippen molar-refractivity contribution < 1.29 is 9.59 Å². The summed E-state index contributed by atoms with van der Waals surface area (Å²) in [6, 6.07) is 0.422. The molecule has 1 unspecified atom stereocenters. The number of rotatable bonds is 10. The fraction of sp³-hybridized carbons (Fsp3) is 0.857. The second kappa shape index (κ2) is 8.91. The predicted octanol–water partition coefficient (Wildman–Crippen LogP) is 0.927. The summed E-state index contributed by atoms with van der Waals surface area (Å²) in [4.78, 5) is 22.9. The molecule has 19 heavy (non-hydrogen) atoms. The number of hydrogen-bond donors (Lipinski definition) is 3. The van der Waals surface area contributed by atoms with Gasteiger partial charge in [0.2, 0.25) is 11.8 Å². The van der Waals surface area contributed by atoms with Gasteiger partial charge in [-0.15, -0.1) is 0 Å². The van der Waals surface area contributed by atoms with Gasteiger partial charge >= 0.3 is 0 Å². The predicted molar refractivity (Wildman–Crippen MR) is 75.5 cm³/mol. The highest BCUT2D eigenvalue weighted by atomic mass is 16.2. The summed E-state index contributed by atoms with van der Waals surface area (Å²) in [5.74, 6) is 0.680. The van der Waals surface area contributed by atoms with Crippen molar-refractivity contribution in [1.82, 2.24) is 10.6 Å². The minimum absolute atomic E-state index is 0.0754. The lowest BCUT2D eigenvalue weighted by Crippen LogP contribution is -2.28. The summed E-state index contributed by atoms with van der Waals surface area (Å²) in [7, 11) is 0. The number of carbonyl (C=O) groups is 2. The lowest BCUT2D eigenvalue weighted by molar-refractivity contribution is -0.123. The molecule has 110 valence electrons. The molecule has 2 amide bonds. The molecule has 1 saturated carbocycles. The number of nitrogens with one attached hydrogen (secondary N) is 2. The van der Waals surface area contributed by atoms with Gasteiger partial charge in [0.1, 0.15) is 0 Å². The van der Waals surface area contributed by atoms with Crippen LogP contribution < -0.4 is 16.4 Å². The van der Waals surface area contributed by atoms with Crippen LogP contribution in [-0.2, 0) is 9.59 Å². The SMILES string of the molecule is CC(CCN)CCC(=O)NCCCC(=O)NC1CC1. The van der Waals surface area contributed by atoms with Crippen LogP contribution in [0.25, 0.3) is 0 Å². The van der Waals surface area contributed by atoms with Gasteiger partial charge in [0.05, 0.1) is 0 Å². The molecule has 1 aliphatic rings. The van der Waals surface area contributed by atoms with Gasteiger partial charge in [0, 0.05) is 25.4 Å². The van der Waals surface area contributed by atoms with Crippen LogP contribution >= 0.6 is 0 Å². The van der Waals surface area contributed by atoms with Crippen molar-refractivity contribution in [2.24, 2.45) is 11.7 Å². The zero-order valence-electron chi connectivity index (χ0n) is 11.9. The van der Waals surface area contributed by atoms with E-state index in [0.717, 1.165) is 25.7 Å². The molecule has 0 aliphatic heterocycles. The monoisotopic (exact) mass is 269 g/mol. The lowest BCUT2D eigenvalue weighted by Gasteiger charge is -2.10.